The lowest BCUT2D eigenvalue weighted by atomic mass is 9.93. The smallest absolute Gasteiger partial charge is 0.257 e. The van der Waals surface area contributed by atoms with Gasteiger partial charge in [0, 0.05) is 25.0 Å². The SMILES string of the molecule is Cc1cc(NN)c(C(=O)N2CCC(C)(C)C2)cn1. The molecule has 2 heterocycles. The number of hydrogen-bond donors (Lipinski definition) is 2. The van der Waals surface area contributed by atoms with Gasteiger partial charge in [0.2, 0.25) is 0 Å². The van der Waals surface area contributed by atoms with E-state index in [0.29, 0.717) is 11.3 Å². The molecular weight excluding hydrogens is 228 g/mol. The molecule has 5 heteroatoms. The molecule has 1 amide bonds. The van der Waals surface area contributed by atoms with Crippen molar-refractivity contribution in [3.8, 4) is 0 Å². The molecular formula is C13H20N4O. The van der Waals surface area contributed by atoms with Crippen molar-refractivity contribution in [2.24, 2.45) is 11.3 Å². The molecule has 0 unspecified atom stereocenters. The molecule has 1 saturated heterocycles. The number of nitrogens with two attached hydrogens (primary N) is 1. The first-order chi connectivity index (χ1) is 8.43. The van der Waals surface area contributed by atoms with E-state index in [1.807, 2.05) is 11.8 Å². The molecule has 0 spiro atoms. The van der Waals surface area contributed by atoms with Gasteiger partial charge in [-0.3, -0.25) is 15.6 Å². The van der Waals surface area contributed by atoms with Gasteiger partial charge in [-0.25, -0.2) is 0 Å². The number of carbonyl (C=O) groups excluding carboxylic acids is 1. The maximum atomic E-state index is 12.4. The first-order valence-corrected chi connectivity index (χ1v) is 6.15. The van der Waals surface area contributed by atoms with Crippen LogP contribution in [0.3, 0.4) is 0 Å². The number of aromatic nitrogens is 1. The van der Waals surface area contributed by atoms with Gasteiger partial charge in [-0.2, -0.15) is 0 Å². The van der Waals surface area contributed by atoms with Crippen molar-refractivity contribution in [3.05, 3.63) is 23.5 Å². The first kappa shape index (κ1) is 12.8. The van der Waals surface area contributed by atoms with E-state index < -0.39 is 0 Å². The fourth-order valence-corrected chi connectivity index (χ4v) is 2.31. The lowest BCUT2D eigenvalue weighted by molar-refractivity contribution is 0.0779. The number of anilines is 1. The van der Waals surface area contributed by atoms with E-state index in [1.54, 1.807) is 12.3 Å². The van der Waals surface area contributed by atoms with Gasteiger partial charge in [-0.15, -0.1) is 0 Å². The number of carbonyl (C=O) groups is 1. The Hall–Kier alpha value is -1.62. The Labute approximate surface area is 107 Å². The normalized spacial score (nSPS) is 17.9. The van der Waals surface area contributed by atoms with Gasteiger partial charge in [0.05, 0.1) is 11.3 Å². The number of aryl methyl sites for hydroxylation is 1. The number of nitrogens with one attached hydrogen (secondary N) is 1. The average Bonchev–Trinajstić information content (AvgIpc) is 2.68. The van der Waals surface area contributed by atoms with Gasteiger partial charge >= 0.3 is 0 Å². The van der Waals surface area contributed by atoms with Crippen LogP contribution in [0.2, 0.25) is 0 Å². The molecule has 5 nitrogen and oxygen atoms in total. The lowest BCUT2D eigenvalue weighted by Gasteiger charge is -2.20. The van der Waals surface area contributed by atoms with Gasteiger partial charge < -0.3 is 10.3 Å². The topological polar surface area (TPSA) is 71.2 Å². The minimum absolute atomic E-state index is 0.000949. The highest BCUT2D eigenvalue weighted by Crippen LogP contribution is 2.30. The molecule has 2 rings (SSSR count). The summed E-state index contributed by atoms with van der Waals surface area (Å²) in [4.78, 5) is 18.5. The third-order valence-corrected chi connectivity index (χ3v) is 3.39. The Bertz CT molecular complexity index is 470. The summed E-state index contributed by atoms with van der Waals surface area (Å²) in [6.45, 7) is 7.80. The highest BCUT2D eigenvalue weighted by molar-refractivity contribution is 5.99. The van der Waals surface area contributed by atoms with E-state index in [9.17, 15) is 4.79 Å². The van der Waals surface area contributed by atoms with Crippen LogP contribution in [0, 0.1) is 12.3 Å². The van der Waals surface area contributed by atoms with E-state index in [0.717, 1.165) is 25.2 Å². The molecule has 0 aromatic carbocycles. The summed E-state index contributed by atoms with van der Waals surface area (Å²) < 4.78 is 0. The summed E-state index contributed by atoms with van der Waals surface area (Å²) in [5, 5.41) is 0. The fourth-order valence-electron chi connectivity index (χ4n) is 2.31. The molecule has 1 aromatic rings. The lowest BCUT2D eigenvalue weighted by Crippen LogP contribution is -2.31. The number of hydrogen-bond acceptors (Lipinski definition) is 4. The number of pyridine rings is 1. The zero-order chi connectivity index (χ0) is 13.3. The van der Waals surface area contributed by atoms with Crippen LogP contribution in [-0.2, 0) is 0 Å². The highest BCUT2D eigenvalue weighted by Gasteiger charge is 2.33. The van der Waals surface area contributed by atoms with Crippen molar-refractivity contribution < 1.29 is 4.79 Å². The first-order valence-electron chi connectivity index (χ1n) is 6.15. The van der Waals surface area contributed by atoms with E-state index in [1.165, 1.54) is 0 Å². The molecule has 1 aliphatic heterocycles. The molecule has 98 valence electrons. The molecule has 0 saturated carbocycles. The van der Waals surface area contributed by atoms with Gasteiger partial charge in [-0.1, -0.05) is 13.8 Å². The second-order valence-electron chi connectivity index (χ2n) is 5.66. The van der Waals surface area contributed by atoms with E-state index in [2.05, 4.69) is 24.3 Å². The molecule has 0 radical (unpaired) electrons. The van der Waals surface area contributed by atoms with E-state index in [4.69, 9.17) is 5.84 Å². The Balaban J connectivity index is 2.24. The van der Waals surface area contributed by atoms with Gasteiger partial charge in [0.1, 0.15) is 0 Å². The molecule has 3 N–H and O–H groups in total. The Morgan fingerprint density at radius 2 is 2.28 bits per heavy atom. The third kappa shape index (κ3) is 2.46. The largest absolute Gasteiger partial charge is 0.338 e. The van der Waals surface area contributed by atoms with Crippen molar-refractivity contribution >= 4 is 11.6 Å². The second kappa shape index (κ2) is 4.57. The molecule has 1 aromatic heterocycles. The average molecular weight is 248 g/mol. The molecule has 0 atom stereocenters. The van der Waals surface area contributed by atoms with E-state index >= 15 is 0 Å². The van der Waals surface area contributed by atoms with Crippen molar-refractivity contribution in [1.29, 1.82) is 0 Å². The summed E-state index contributed by atoms with van der Waals surface area (Å²) in [6.07, 6.45) is 2.63. The van der Waals surface area contributed by atoms with E-state index in [-0.39, 0.29) is 11.3 Å². The predicted molar refractivity (Wildman–Crippen MR) is 71.1 cm³/mol. The third-order valence-electron chi connectivity index (χ3n) is 3.39. The maximum absolute atomic E-state index is 12.4. The van der Waals surface area contributed by atoms with Crippen LogP contribution in [0.4, 0.5) is 5.69 Å². The number of nitrogens with zero attached hydrogens (tertiary/aromatic N) is 2. The Morgan fingerprint density at radius 3 is 2.83 bits per heavy atom. The predicted octanol–water partition coefficient (Wildman–Crippen LogP) is 1.55. The molecule has 1 fully saturated rings. The number of likely N-dealkylation sites (tertiary alicyclic amines) is 1. The number of rotatable bonds is 2. The fraction of sp³-hybridized carbons (Fsp3) is 0.538. The van der Waals surface area contributed by atoms with Gasteiger partial charge in [0.15, 0.2) is 0 Å². The van der Waals surface area contributed by atoms with Crippen LogP contribution in [-0.4, -0.2) is 28.9 Å². The quantitative estimate of drug-likeness (QED) is 0.615. The summed E-state index contributed by atoms with van der Waals surface area (Å²) in [7, 11) is 0. The van der Waals surface area contributed by atoms with Crippen LogP contribution in [0.1, 0.15) is 36.3 Å². The van der Waals surface area contributed by atoms with Crippen LogP contribution in [0.5, 0.6) is 0 Å². The zero-order valence-electron chi connectivity index (χ0n) is 11.2. The highest BCUT2D eigenvalue weighted by atomic mass is 16.2. The van der Waals surface area contributed by atoms with Crippen LogP contribution in [0.25, 0.3) is 0 Å². The summed E-state index contributed by atoms with van der Waals surface area (Å²) in [5.74, 6) is 5.46. The monoisotopic (exact) mass is 248 g/mol. The van der Waals surface area contributed by atoms with Crippen molar-refractivity contribution in [1.82, 2.24) is 9.88 Å². The maximum Gasteiger partial charge on any atom is 0.257 e. The van der Waals surface area contributed by atoms with Crippen LogP contribution >= 0.6 is 0 Å². The second-order valence-corrected chi connectivity index (χ2v) is 5.66. The summed E-state index contributed by atoms with van der Waals surface area (Å²) in [5.41, 5.74) is 4.79. The minimum Gasteiger partial charge on any atom is -0.338 e. The minimum atomic E-state index is 0.000949. The van der Waals surface area contributed by atoms with Crippen LogP contribution in [0.15, 0.2) is 12.3 Å². The molecule has 1 aliphatic rings. The zero-order valence-corrected chi connectivity index (χ0v) is 11.2. The number of nitrogen functional groups attached to an aromatic ring is 1. The van der Waals surface area contributed by atoms with Gasteiger partial charge in [-0.05, 0) is 24.8 Å². The van der Waals surface area contributed by atoms with Crippen molar-refractivity contribution in [2.45, 2.75) is 27.2 Å². The summed E-state index contributed by atoms with van der Waals surface area (Å²) >= 11 is 0. The number of hydrazine groups is 1. The number of amides is 1. The molecule has 18 heavy (non-hydrogen) atoms. The van der Waals surface area contributed by atoms with Crippen LogP contribution < -0.4 is 11.3 Å². The molecule has 0 aliphatic carbocycles. The van der Waals surface area contributed by atoms with Gasteiger partial charge in [0.25, 0.3) is 5.91 Å². The summed E-state index contributed by atoms with van der Waals surface area (Å²) in [6, 6.07) is 1.79. The van der Waals surface area contributed by atoms with Crippen molar-refractivity contribution in [2.75, 3.05) is 18.5 Å². The Morgan fingerprint density at radius 1 is 1.56 bits per heavy atom. The molecule has 0 bridgehead atoms. The standard InChI is InChI=1S/C13H20N4O/c1-9-6-11(16-14)10(7-15-9)12(18)17-5-4-13(2,3)8-17/h6-7H,4-5,8,14H2,1-3H3,(H,15,16). The Kier molecular flexibility index (Phi) is 3.26. The van der Waals surface area contributed by atoms with Crippen molar-refractivity contribution in [3.63, 3.8) is 0 Å².